The Hall–Kier alpha value is -3.09. The minimum atomic E-state index is -3.95. The molecule has 0 aliphatic heterocycles. The average Bonchev–Trinajstić information content (AvgIpc) is 3.30. The number of carbonyl (C=O) groups is 1. The third kappa shape index (κ3) is 6.24. The van der Waals surface area contributed by atoms with Gasteiger partial charge in [-0.15, -0.1) is 0 Å². The summed E-state index contributed by atoms with van der Waals surface area (Å²) < 4.78 is 44.8. The van der Waals surface area contributed by atoms with Gasteiger partial charge in [0.2, 0.25) is 0 Å². The van der Waals surface area contributed by atoms with Gasteiger partial charge >= 0.3 is 0 Å². The second-order valence-electron chi connectivity index (χ2n) is 6.43. The van der Waals surface area contributed by atoms with E-state index in [4.69, 9.17) is 26.1 Å². The van der Waals surface area contributed by atoms with Crippen LogP contribution in [0.2, 0.25) is 0 Å². The van der Waals surface area contributed by atoms with Gasteiger partial charge in [-0.05, 0) is 83.6 Å². The van der Waals surface area contributed by atoms with Gasteiger partial charge in [0.05, 0.1) is 40.7 Å². The van der Waals surface area contributed by atoms with Gasteiger partial charge in [0.15, 0.2) is 10.9 Å². The average molecular weight is 554 g/mol. The number of amides is 1. The molecule has 1 heterocycles. The number of furan rings is 1. The molecular weight excluding hydrogens is 534 g/mol. The fraction of sp³-hybridized carbons (Fsp3) is 0.143. The van der Waals surface area contributed by atoms with Crippen molar-refractivity contribution in [2.75, 3.05) is 23.8 Å². The first-order valence-electron chi connectivity index (χ1n) is 9.52. The van der Waals surface area contributed by atoms with Crippen LogP contribution in [0.5, 0.6) is 11.5 Å². The van der Waals surface area contributed by atoms with Crippen LogP contribution in [0.15, 0.2) is 68.6 Å². The molecule has 0 unspecified atom stereocenters. The summed E-state index contributed by atoms with van der Waals surface area (Å²) in [6.07, 6.45) is 1.36. The van der Waals surface area contributed by atoms with Crippen molar-refractivity contribution in [3.8, 4) is 11.5 Å². The number of methoxy groups -OCH3 is 1. The summed E-state index contributed by atoms with van der Waals surface area (Å²) in [5.41, 5.74) is 0.592. The first kappa shape index (κ1) is 24.6. The monoisotopic (exact) mass is 553 g/mol. The summed E-state index contributed by atoms with van der Waals surface area (Å²) in [5, 5.41) is 5.17. The highest BCUT2D eigenvalue weighted by Gasteiger charge is 2.19. The Balaban J connectivity index is 1.79. The summed E-state index contributed by atoms with van der Waals surface area (Å²) in [4.78, 5) is 12.1. The largest absolute Gasteiger partial charge is 0.495 e. The Labute approximate surface area is 204 Å². The topological polar surface area (TPSA) is 119 Å². The number of thiocarbonyl (C=S) groups is 1. The number of carbonyl (C=O) groups excluding carboxylic acids is 1. The highest BCUT2D eigenvalue weighted by molar-refractivity contribution is 9.10. The molecular formula is C21H20BrN3O6S2. The standard InChI is InChI=1S/C21H20BrN3O6S2/c1-3-30-17-8-6-13(11-15(17)22)25-33(27,28)14-7-9-18(29-2)16(12-14)23-21(32)24-20(26)19-5-4-10-31-19/h4-12,25H,3H2,1-2H3,(H2,23,24,26,32). The van der Waals surface area contributed by atoms with E-state index in [0.29, 0.717) is 28.3 Å². The van der Waals surface area contributed by atoms with E-state index >= 15 is 0 Å². The van der Waals surface area contributed by atoms with Crippen molar-refractivity contribution < 1.29 is 27.1 Å². The van der Waals surface area contributed by atoms with E-state index in [1.54, 1.807) is 24.3 Å². The molecule has 0 aliphatic rings. The summed E-state index contributed by atoms with van der Waals surface area (Å²) in [6, 6.07) is 12.1. The summed E-state index contributed by atoms with van der Waals surface area (Å²) in [7, 11) is -2.52. The second-order valence-corrected chi connectivity index (χ2v) is 9.38. The summed E-state index contributed by atoms with van der Waals surface area (Å²) in [6.45, 7) is 2.33. The molecule has 2 aromatic carbocycles. The number of hydrogen-bond donors (Lipinski definition) is 3. The Morgan fingerprint density at radius 1 is 1.15 bits per heavy atom. The van der Waals surface area contributed by atoms with E-state index in [1.807, 2.05) is 6.92 Å². The normalized spacial score (nSPS) is 10.9. The maximum absolute atomic E-state index is 13.0. The van der Waals surface area contributed by atoms with Gasteiger partial charge < -0.3 is 19.2 Å². The number of rotatable bonds is 8. The van der Waals surface area contributed by atoms with E-state index in [9.17, 15) is 13.2 Å². The van der Waals surface area contributed by atoms with Gasteiger partial charge in [0, 0.05) is 0 Å². The molecule has 0 radical (unpaired) electrons. The molecule has 12 heteroatoms. The Kier molecular flexibility index (Phi) is 7.95. The van der Waals surface area contributed by atoms with Crippen LogP contribution < -0.4 is 24.8 Å². The molecule has 0 spiro atoms. The first-order chi connectivity index (χ1) is 15.7. The van der Waals surface area contributed by atoms with Crippen molar-refractivity contribution in [1.29, 1.82) is 0 Å². The van der Waals surface area contributed by atoms with Crippen molar-refractivity contribution in [1.82, 2.24) is 5.32 Å². The van der Waals surface area contributed by atoms with E-state index < -0.39 is 15.9 Å². The lowest BCUT2D eigenvalue weighted by Crippen LogP contribution is -2.34. The molecule has 1 aromatic heterocycles. The second kappa shape index (κ2) is 10.7. The van der Waals surface area contributed by atoms with Crippen LogP contribution >= 0.6 is 28.1 Å². The Morgan fingerprint density at radius 2 is 1.91 bits per heavy atom. The molecule has 0 saturated carbocycles. The van der Waals surface area contributed by atoms with Crippen molar-refractivity contribution in [3.63, 3.8) is 0 Å². The first-order valence-corrected chi connectivity index (χ1v) is 12.2. The molecule has 0 fully saturated rings. The van der Waals surface area contributed by atoms with Crippen molar-refractivity contribution >= 4 is 60.6 Å². The predicted molar refractivity (Wildman–Crippen MR) is 132 cm³/mol. The number of hydrogen-bond acceptors (Lipinski definition) is 7. The van der Waals surface area contributed by atoms with Crippen LogP contribution in [0.4, 0.5) is 11.4 Å². The maximum atomic E-state index is 13.0. The molecule has 9 nitrogen and oxygen atoms in total. The zero-order valence-corrected chi connectivity index (χ0v) is 20.8. The van der Waals surface area contributed by atoms with Crippen LogP contribution in [-0.2, 0) is 10.0 Å². The van der Waals surface area contributed by atoms with Crippen molar-refractivity contribution in [3.05, 3.63) is 65.0 Å². The van der Waals surface area contributed by atoms with Crippen molar-refractivity contribution in [2.45, 2.75) is 11.8 Å². The highest BCUT2D eigenvalue weighted by atomic mass is 79.9. The smallest absolute Gasteiger partial charge is 0.293 e. The molecule has 0 saturated heterocycles. The number of halogens is 1. The zero-order chi connectivity index (χ0) is 24.0. The third-order valence-electron chi connectivity index (χ3n) is 4.19. The molecule has 0 aliphatic carbocycles. The molecule has 1 amide bonds. The fourth-order valence-electron chi connectivity index (χ4n) is 2.73. The van der Waals surface area contributed by atoms with Crippen LogP contribution in [0.1, 0.15) is 17.5 Å². The summed E-state index contributed by atoms with van der Waals surface area (Å²) >= 11 is 8.52. The molecule has 174 valence electrons. The highest BCUT2D eigenvalue weighted by Crippen LogP contribution is 2.31. The Morgan fingerprint density at radius 3 is 2.55 bits per heavy atom. The fourth-order valence-corrected chi connectivity index (χ4v) is 4.50. The predicted octanol–water partition coefficient (Wildman–Crippen LogP) is 4.38. The van der Waals surface area contributed by atoms with E-state index in [1.165, 1.54) is 37.6 Å². The minimum absolute atomic E-state index is 0.0454. The molecule has 0 atom stereocenters. The van der Waals surface area contributed by atoms with Gasteiger partial charge in [-0.2, -0.15) is 0 Å². The van der Waals surface area contributed by atoms with Gasteiger partial charge in [-0.3, -0.25) is 14.8 Å². The maximum Gasteiger partial charge on any atom is 0.293 e. The van der Waals surface area contributed by atoms with E-state index in [0.717, 1.165) is 0 Å². The minimum Gasteiger partial charge on any atom is -0.495 e. The van der Waals surface area contributed by atoms with Crippen LogP contribution in [0, 0.1) is 0 Å². The Bertz CT molecular complexity index is 1260. The number of sulfonamides is 1. The molecule has 3 aromatic rings. The lowest BCUT2D eigenvalue weighted by atomic mass is 10.3. The number of nitrogens with one attached hydrogen (secondary N) is 3. The summed E-state index contributed by atoms with van der Waals surface area (Å²) in [5.74, 6) is 0.449. The van der Waals surface area contributed by atoms with Crippen molar-refractivity contribution in [2.24, 2.45) is 0 Å². The zero-order valence-electron chi connectivity index (χ0n) is 17.5. The molecule has 0 bridgehead atoms. The van der Waals surface area contributed by atoms with Crippen LogP contribution in [0.25, 0.3) is 0 Å². The van der Waals surface area contributed by atoms with Gasteiger partial charge in [-0.1, -0.05) is 0 Å². The molecule has 33 heavy (non-hydrogen) atoms. The van der Waals surface area contributed by atoms with Gasteiger partial charge in [-0.25, -0.2) is 8.42 Å². The van der Waals surface area contributed by atoms with Crippen LogP contribution in [0.3, 0.4) is 0 Å². The number of benzene rings is 2. The number of ether oxygens (including phenoxy) is 2. The van der Waals surface area contributed by atoms with E-state index in [-0.39, 0.29) is 21.5 Å². The van der Waals surface area contributed by atoms with Gasteiger partial charge in [0.1, 0.15) is 11.5 Å². The van der Waals surface area contributed by atoms with Crippen LogP contribution in [-0.4, -0.2) is 33.2 Å². The number of anilines is 2. The molecule has 3 N–H and O–H groups in total. The quantitative estimate of drug-likeness (QED) is 0.351. The lowest BCUT2D eigenvalue weighted by molar-refractivity contribution is 0.0950. The lowest BCUT2D eigenvalue weighted by Gasteiger charge is -2.15. The molecule has 3 rings (SSSR count). The van der Waals surface area contributed by atoms with Gasteiger partial charge in [0.25, 0.3) is 15.9 Å². The van der Waals surface area contributed by atoms with E-state index in [2.05, 4.69) is 31.3 Å². The third-order valence-corrected chi connectivity index (χ3v) is 6.39. The SMILES string of the molecule is CCOc1ccc(NS(=O)(=O)c2ccc(OC)c(NC(=S)NC(=O)c3ccco3)c2)cc1Br.